The third kappa shape index (κ3) is 2.13. The summed E-state index contributed by atoms with van der Waals surface area (Å²) in [5.41, 5.74) is 8.05. The number of nitrogen functional groups attached to an aromatic ring is 1. The Kier molecular flexibility index (Phi) is 2.64. The van der Waals surface area contributed by atoms with Gasteiger partial charge in [0.25, 0.3) is 0 Å². The van der Waals surface area contributed by atoms with Crippen LogP contribution < -0.4 is 5.73 Å². The van der Waals surface area contributed by atoms with Crippen molar-refractivity contribution < 1.29 is 5.11 Å². The number of hydrogen-bond donors (Lipinski definition) is 2. The lowest BCUT2D eigenvalue weighted by molar-refractivity contribution is 0.268. The molecule has 0 aliphatic heterocycles. The second kappa shape index (κ2) is 4.10. The lowest BCUT2D eigenvalue weighted by Gasteiger charge is -1.96. The van der Waals surface area contributed by atoms with Crippen LogP contribution in [0.3, 0.4) is 0 Å². The fourth-order valence-corrected chi connectivity index (χ4v) is 1.30. The second-order valence-electron chi connectivity index (χ2n) is 3.21. The van der Waals surface area contributed by atoms with Crippen molar-refractivity contribution in [1.82, 2.24) is 15.0 Å². The lowest BCUT2D eigenvalue weighted by atomic mass is 10.1. The number of nitrogens with zero attached hydrogens (tertiary/aromatic N) is 3. The standard InChI is InChI=1S/C10H12N4O/c11-9-3-1-8(2-4-9)10-7-14(5-6-15)13-12-10/h1-4,7,15H,5-6,11H2. The van der Waals surface area contributed by atoms with Gasteiger partial charge in [0.1, 0.15) is 5.69 Å². The van der Waals surface area contributed by atoms with Gasteiger partial charge in [-0.3, -0.25) is 0 Å². The van der Waals surface area contributed by atoms with E-state index in [0.29, 0.717) is 6.54 Å². The molecule has 5 nitrogen and oxygen atoms in total. The van der Waals surface area contributed by atoms with E-state index in [4.69, 9.17) is 10.8 Å². The predicted molar refractivity (Wildman–Crippen MR) is 57.0 cm³/mol. The minimum Gasteiger partial charge on any atom is -0.399 e. The summed E-state index contributed by atoms with van der Waals surface area (Å²) < 4.78 is 1.60. The Labute approximate surface area is 87.1 Å². The van der Waals surface area contributed by atoms with E-state index in [-0.39, 0.29) is 6.61 Å². The summed E-state index contributed by atoms with van der Waals surface area (Å²) in [6.07, 6.45) is 1.79. The molecule has 0 aliphatic rings. The van der Waals surface area contributed by atoms with Crippen LogP contribution in [0.2, 0.25) is 0 Å². The number of rotatable bonds is 3. The molecule has 1 aromatic heterocycles. The van der Waals surface area contributed by atoms with Gasteiger partial charge in [-0.1, -0.05) is 17.3 Å². The number of nitrogens with two attached hydrogens (primary N) is 1. The molecule has 2 rings (SSSR count). The SMILES string of the molecule is Nc1ccc(-c2cn(CCO)nn2)cc1. The molecule has 0 saturated carbocycles. The number of hydrogen-bond acceptors (Lipinski definition) is 4. The molecule has 15 heavy (non-hydrogen) atoms. The molecule has 5 heteroatoms. The molecule has 0 bridgehead atoms. The maximum atomic E-state index is 8.73. The third-order valence-electron chi connectivity index (χ3n) is 2.07. The highest BCUT2D eigenvalue weighted by molar-refractivity contribution is 5.60. The van der Waals surface area contributed by atoms with Gasteiger partial charge < -0.3 is 10.8 Å². The minimum atomic E-state index is 0.0601. The van der Waals surface area contributed by atoms with Gasteiger partial charge in [0, 0.05) is 11.3 Å². The van der Waals surface area contributed by atoms with E-state index in [1.165, 1.54) is 0 Å². The maximum Gasteiger partial charge on any atom is 0.113 e. The Bertz CT molecular complexity index is 435. The van der Waals surface area contributed by atoms with Gasteiger partial charge in [0.05, 0.1) is 19.3 Å². The van der Waals surface area contributed by atoms with E-state index in [9.17, 15) is 0 Å². The fourth-order valence-electron chi connectivity index (χ4n) is 1.30. The summed E-state index contributed by atoms with van der Waals surface area (Å²) in [6, 6.07) is 7.42. The molecular formula is C10H12N4O. The highest BCUT2D eigenvalue weighted by atomic mass is 16.3. The van der Waals surface area contributed by atoms with Gasteiger partial charge in [-0.2, -0.15) is 0 Å². The monoisotopic (exact) mass is 204 g/mol. The lowest BCUT2D eigenvalue weighted by Crippen LogP contribution is -2.01. The van der Waals surface area contributed by atoms with Crippen LogP contribution in [0.15, 0.2) is 30.5 Å². The third-order valence-corrected chi connectivity index (χ3v) is 2.07. The van der Waals surface area contributed by atoms with Crippen LogP contribution in [0.4, 0.5) is 5.69 Å². The Hall–Kier alpha value is -1.88. The summed E-state index contributed by atoms with van der Waals surface area (Å²) in [5, 5.41) is 16.6. The number of aromatic nitrogens is 3. The second-order valence-corrected chi connectivity index (χ2v) is 3.21. The van der Waals surface area contributed by atoms with Crippen LogP contribution in [-0.4, -0.2) is 26.7 Å². The first-order valence-electron chi connectivity index (χ1n) is 4.66. The summed E-state index contributed by atoms with van der Waals surface area (Å²) in [4.78, 5) is 0. The molecule has 1 aromatic carbocycles. The highest BCUT2D eigenvalue weighted by Gasteiger charge is 2.02. The molecule has 0 spiro atoms. The number of benzene rings is 1. The van der Waals surface area contributed by atoms with E-state index in [0.717, 1.165) is 16.9 Å². The quantitative estimate of drug-likeness (QED) is 0.714. The van der Waals surface area contributed by atoms with Crippen LogP contribution in [0.5, 0.6) is 0 Å². The fraction of sp³-hybridized carbons (Fsp3) is 0.200. The Morgan fingerprint density at radius 2 is 2.00 bits per heavy atom. The van der Waals surface area contributed by atoms with Crippen LogP contribution in [0.25, 0.3) is 11.3 Å². The smallest absolute Gasteiger partial charge is 0.113 e. The van der Waals surface area contributed by atoms with E-state index in [2.05, 4.69) is 10.3 Å². The number of aliphatic hydroxyl groups excluding tert-OH is 1. The molecular weight excluding hydrogens is 192 g/mol. The van der Waals surface area contributed by atoms with E-state index in [1.54, 1.807) is 10.9 Å². The van der Waals surface area contributed by atoms with Gasteiger partial charge >= 0.3 is 0 Å². The molecule has 2 aromatic rings. The van der Waals surface area contributed by atoms with Crippen molar-refractivity contribution in [2.45, 2.75) is 6.54 Å². The van der Waals surface area contributed by atoms with Crippen LogP contribution >= 0.6 is 0 Å². The highest BCUT2D eigenvalue weighted by Crippen LogP contribution is 2.17. The Morgan fingerprint density at radius 1 is 1.27 bits per heavy atom. The zero-order valence-corrected chi connectivity index (χ0v) is 8.17. The molecule has 0 aliphatic carbocycles. The van der Waals surface area contributed by atoms with Crippen molar-refractivity contribution in [2.24, 2.45) is 0 Å². The average Bonchev–Trinajstić information content (AvgIpc) is 2.68. The average molecular weight is 204 g/mol. The normalized spacial score (nSPS) is 10.5. The summed E-state index contributed by atoms with van der Waals surface area (Å²) in [5.74, 6) is 0. The topological polar surface area (TPSA) is 77.0 Å². The number of aliphatic hydroxyl groups is 1. The molecule has 3 N–H and O–H groups in total. The van der Waals surface area contributed by atoms with Crippen LogP contribution in [0.1, 0.15) is 0 Å². The van der Waals surface area contributed by atoms with Gasteiger partial charge in [-0.05, 0) is 12.1 Å². The first kappa shape index (κ1) is 9.67. The van der Waals surface area contributed by atoms with Crippen molar-refractivity contribution in [3.63, 3.8) is 0 Å². The van der Waals surface area contributed by atoms with Crippen LogP contribution in [-0.2, 0) is 6.54 Å². The van der Waals surface area contributed by atoms with Crippen molar-refractivity contribution >= 4 is 5.69 Å². The zero-order chi connectivity index (χ0) is 10.7. The van der Waals surface area contributed by atoms with E-state index in [1.807, 2.05) is 24.3 Å². The summed E-state index contributed by atoms with van der Waals surface area (Å²) in [7, 11) is 0. The number of anilines is 1. The molecule has 0 unspecified atom stereocenters. The summed E-state index contributed by atoms with van der Waals surface area (Å²) in [6.45, 7) is 0.520. The van der Waals surface area contributed by atoms with Crippen molar-refractivity contribution in [3.05, 3.63) is 30.5 Å². The molecule has 0 fully saturated rings. The van der Waals surface area contributed by atoms with Crippen LogP contribution in [0, 0.1) is 0 Å². The Balaban J connectivity index is 2.25. The maximum absolute atomic E-state index is 8.73. The van der Waals surface area contributed by atoms with Gasteiger partial charge in [0.2, 0.25) is 0 Å². The minimum absolute atomic E-state index is 0.0601. The van der Waals surface area contributed by atoms with E-state index >= 15 is 0 Å². The molecule has 0 amide bonds. The van der Waals surface area contributed by atoms with Crippen molar-refractivity contribution in [3.8, 4) is 11.3 Å². The van der Waals surface area contributed by atoms with Gasteiger partial charge in [0.15, 0.2) is 0 Å². The van der Waals surface area contributed by atoms with Crippen molar-refractivity contribution in [2.75, 3.05) is 12.3 Å². The molecule has 0 saturated heterocycles. The van der Waals surface area contributed by atoms with E-state index < -0.39 is 0 Å². The van der Waals surface area contributed by atoms with Gasteiger partial charge in [-0.15, -0.1) is 5.10 Å². The first-order chi connectivity index (χ1) is 7.29. The first-order valence-corrected chi connectivity index (χ1v) is 4.66. The molecule has 0 atom stereocenters. The summed E-state index contributed by atoms with van der Waals surface area (Å²) >= 11 is 0. The molecule has 78 valence electrons. The van der Waals surface area contributed by atoms with Crippen molar-refractivity contribution in [1.29, 1.82) is 0 Å². The molecule has 1 heterocycles. The Morgan fingerprint density at radius 3 is 2.67 bits per heavy atom. The molecule has 0 radical (unpaired) electrons. The zero-order valence-electron chi connectivity index (χ0n) is 8.17. The predicted octanol–water partition coefficient (Wildman–Crippen LogP) is 0.520. The largest absolute Gasteiger partial charge is 0.399 e. The van der Waals surface area contributed by atoms with Gasteiger partial charge in [-0.25, -0.2) is 4.68 Å².